The number of nitrogens with two attached hydrogens (primary N) is 1. The molecular formula is C15H24N2O3. The predicted octanol–water partition coefficient (Wildman–Crippen LogP) is 2.06. The third kappa shape index (κ3) is 8.50. The Bertz CT molecular complexity index is 369. The smallest absolute Gasteiger partial charge is 0.407 e. The molecule has 0 radical (unpaired) electrons. The van der Waals surface area contributed by atoms with Gasteiger partial charge in [0.15, 0.2) is 0 Å². The minimum Gasteiger partial charge on any atom is -0.445 e. The van der Waals surface area contributed by atoms with Gasteiger partial charge in [-0.3, -0.25) is 0 Å². The highest BCUT2D eigenvalue weighted by Gasteiger charge is 2.01. The van der Waals surface area contributed by atoms with Crippen molar-refractivity contribution in [2.24, 2.45) is 5.73 Å². The molecule has 3 N–H and O–H groups in total. The van der Waals surface area contributed by atoms with Gasteiger partial charge in [-0.1, -0.05) is 30.3 Å². The van der Waals surface area contributed by atoms with Crippen LogP contribution in [0.15, 0.2) is 30.3 Å². The molecule has 1 aromatic carbocycles. The number of carbonyl (C=O) groups excluding carboxylic acids is 1. The third-order valence-electron chi connectivity index (χ3n) is 2.58. The van der Waals surface area contributed by atoms with Crippen LogP contribution < -0.4 is 11.1 Å². The van der Waals surface area contributed by atoms with Crippen LogP contribution in [-0.4, -0.2) is 31.9 Å². The SMILES string of the molecule is C[C@H](N)COCCCCNC(=O)OCc1ccccc1. The van der Waals surface area contributed by atoms with E-state index < -0.39 is 0 Å². The predicted molar refractivity (Wildman–Crippen MR) is 78.3 cm³/mol. The van der Waals surface area contributed by atoms with E-state index in [2.05, 4.69) is 5.32 Å². The Morgan fingerprint density at radius 3 is 2.75 bits per heavy atom. The molecule has 0 aliphatic heterocycles. The van der Waals surface area contributed by atoms with Gasteiger partial charge in [-0.05, 0) is 25.3 Å². The van der Waals surface area contributed by atoms with Crippen molar-refractivity contribution >= 4 is 6.09 Å². The lowest BCUT2D eigenvalue weighted by atomic mass is 10.2. The van der Waals surface area contributed by atoms with E-state index >= 15 is 0 Å². The van der Waals surface area contributed by atoms with Crippen LogP contribution in [0.2, 0.25) is 0 Å². The molecule has 20 heavy (non-hydrogen) atoms. The van der Waals surface area contributed by atoms with Gasteiger partial charge in [-0.25, -0.2) is 4.79 Å². The summed E-state index contributed by atoms with van der Waals surface area (Å²) < 4.78 is 10.4. The summed E-state index contributed by atoms with van der Waals surface area (Å²) in [7, 11) is 0. The van der Waals surface area contributed by atoms with Crippen molar-refractivity contribution in [1.29, 1.82) is 0 Å². The van der Waals surface area contributed by atoms with E-state index in [9.17, 15) is 4.79 Å². The quantitative estimate of drug-likeness (QED) is 0.679. The van der Waals surface area contributed by atoms with E-state index in [-0.39, 0.29) is 12.1 Å². The number of hydrogen-bond acceptors (Lipinski definition) is 4. The Morgan fingerprint density at radius 2 is 2.05 bits per heavy atom. The summed E-state index contributed by atoms with van der Waals surface area (Å²) in [6.07, 6.45) is 1.37. The number of hydrogen-bond donors (Lipinski definition) is 2. The molecule has 1 aromatic rings. The number of rotatable bonds is 9. The van der Waals surface area contributed by atoms with Crippen LogP contribution in [0.3, 0.4) is 0 Å². The molecule has 0 unspecified atom stereocenters. The minimum absolute atomic E-state index is 0.0705. The van der Waals surface area contributed by atoms with E-state index in [1.165, 1.54) is 0 Å². The number of ether oxygens (including phenoxy) is 2. The van der Waals surface area contributed by atoms with E-state index in [4.69, 9.17) is 15.2 Å². The number of carbonyl (C=O) groups is 1. The van der Waals surface area contributed by atoms with E-state index in [1.807, 2.05) is 37.3 Å². The van der Waals surface area contributed by atoms with Crippen LogP contribution in [-0.2, 0) is 16.1 Å². The van der Waals surface area contributed by atoms with Gasteiger partial charge in [0.1, 0.15) is 6.61 Å². The lowest BCUT2D eigenvalue weighted by Gasteiger charge is -2.08. The standard InChI is InChI=1S/C15H24N2O3/c1-13(16)11-19-10-6-5-9-17-15(18)20-12-14-7-3-2-4-8-14/h2-4,7-8,13H,5-6,9-12,16H2,1H3,(H,17,18)/t13-/m0/s1. The molecule has 0 saturated carbocycles. The maximum Gasteiger partial charge on any atom is 0.407 e. The number of alkyl carbamates (subject to hydrolysis) is 1. The molecule has 0 aromatic heterocycles. The van der Waals surface area contributed by atoms with Gasteiger partial charge in [-0.2, -0.15) is 0 Å². The maximum atomic E-state index is 11.4. The van der Waals surface area contributed by atoms with Gasteiger partial charge in [-0.15, -0.1) is 0 Å². The Morgan fingerprint density at radius 1 is 1.30 bits per heavy atom. The molecular weight excluding hydrogens is 256 g/mol. The molecule has 0 spiro atoms. The first kappa shape index (κ1) is 16.5. The molecule has 0 bridgehead atoms. The molecule has 1 atom stereocenters. The number of benzene rings is 1. The van der Waals surface area contributed by atoms with Crippen molar-refractivity contribution in [2.45, 2.75) is 32.4 Å². The normalized spacial score (nSPS) is 11.9. The molecule has 0 saturated heterocycles. The van der Waals surface area contributed by atoms with Crippen molar-refractivity contribution < 1.29 is 14.3 Å². The van der Waals surface area contributed by atoms with E-state index in [1.54, 1.807) is 0 Å². The fraction of sp³-hybridized carbons (Fsp3) is 0.533. The van der Waals surface area contributed by atoms with Gasteiger partial charge < -0.3 is 20.5 Å². The summed E-state index contributed by atoms with van der Waals surface area (Å²) in [6, 6.07) is 9.67. The van der Waals surface area contributed by atoms with Crippen molar-refractivity contribution in [3.8, 4) is 0 Å². The summed E-state index contributed by atoms with van der Waals surface area (Å²) in [6.45, 7) is 4.04. The van der Waals surface area contributed by atoms with Crippen LogP contribution in [0.1, 0.15) is 25.3 Å². The molecule has 1 rings (SSSR count). The van der Waals surface area contributed by atoms with Crippen LogP contribution in [0, 0.1) is 0 Å². The largest absolute Gasteiger partial charge is 0.445 e. The summed E-state index contributed by atoms with van der Waals surface area (Å²) in [5.41, 5.74) is 6.53. The monoisotopic (exact) mass is 280 g/mol. The van der Waals surface area contributed by atoms with Crippen molar-refractivity contribution in [1.82, 2.24) is 5.32 Å². The zero-order valence-electron chi connectivity index (χ0n) is 12.0. The third-order valence-corrected chi connectivity index (χ3v) is 2.58. The second-order valence-corrected chi connectivity index (χ2v) is 4.75. The fourth-order valence-electron chi connectivity index (χ4n) is 1.56. The summed E-state index contributed by atoms with van der Waals surface area (Å²) in [5, 5.41) is 2.71. The zero-order chi connectivity index (χ0) is 14.6. The van der Waals surface area contributed by atoms with E-state index in [0.717, 1.165) is 18.4 Å². The first-order valence-corrected chi connectivity index (χ1v) is 6.96. The molecule has 0 aliphatic rings. The van der Waals surface area contributed by atoms with Gasteiger partial charge in [0.2, 0.25) is 0 Å². The highest BCUT2D eigenvalue weighted by atomic mass is 16.5. The molecule has 0 aliphatic carbocycles. The van der Waals surface area contributed by atoms with Gasteiger partial charge in [0, 0.05) is 19.2 Å². The lowest BCUT2D eigenvalue weighted by Crippen LogP contribution is -2.25. The highest BCUT2D eigenvalue weighted by Crippen LogP contribution is 2.00. The molecule has 112 valence electrons. The highest BCUT2D eigenvalue weighted by molar-refractivity contribution is 5.67. The first-order valence-electron chi connectivity index (χ1n) is 6.96. The van der Waals surface area contributed by atoms with Crippen molar-refractivity contribution in [2.75, 3.05) is 19.8 Å². The number of unbranched alkanes of at least 4 members (excludes halogenated alkanes) is 1. The molecule has 0 heterocycles. The van der Waals surface area contributed by atoms with Crippen molar-refractivity contribution in [3.05, 3.63) is 35.9 Å². The average Bonchev–Trinajstić information content (AvgIpc) is 2.45. The Hall–Kier alpha value is -1.59. The van der Waals surface area contributed by atoms with E-state index in [0.29, 0.717) is 26.4 Å². The Labute approximate surface area is 120 Å². The number of amides is 1. The van der Waals surface area contributed by atoms with Crippen LogP contribution in [0.5, 0.6) is 0 Å². The summed E-state index contributed by atoms with van der Waals surface area (Å²) in [4.78, 5) is 11.4. The lowest BCUT2D eigenvalue weighted by molar-refractivity contribution is 0.119. The van der Waals surface area contributed by atoms with Gasteiger partial charge in [0.25, 0.3) is 0 Å². The van der Waals surface area contributed by atoms with Gasteiger partial charge in [0.05, 0.1) is 6.61 Å². The second kappa shape index (κ2) is 10.2. The van der Waals surface area contributed by atoms with Crippen LogP contribution >= 0.6 is 0 Å². The molecule has 5 heteroatoms. The van der Waals surface area contributed by atoms with Crippen molar-refractivity contribution in [3.63, 3.8) is 0 Å². The molecule has 5 nitrogen and oxygen atoms in total. The zero-order valence-corrected chi connectivity index (χ0v) is 12.0. The average molecular weight is 280 g/mol. The van der Waals surface area contributed by atoms with Crippen LogP contribution in [0.25, 0.3) is 0 Å². The first-order chi connectivity index (χ1) is 9.68. The fourth-order valence-corrected chi connectivity index (χ4v) is 1.56. The molecule has 0 fully saturated rings. The summed E-state index contributed by atoms with van der Waals surface area (Å²) in [5.74, 6) is 0. The number of nitrogens with one attached hydrogen (secondary N) is 1. The Balaban J connectivity index is 1.95. The van der Waals surface area contributed by atoms with Gasteiger partial charge >= 0.3 is 6.09 Å². The van der Waals surface area contributed by atoms with Crippen LogP contribution in [0.4, 0.5) is 4.79 Å². The topological polar surface area (TPSA) is 73.6 Å². The molecule has 1 amide bonds. The summed E-state index contributed by atoms with van der Waals surface area (Å²) >= 11 is 0. The minimum atomic E-state index is -0.384. The Kier molecular flexibility index (Phi) is 8.42. The maximum absolute atomic E-state index is 11.4. The second-order valence-electron chi connectivity index (χ2n) is 4.75.